The molecule has 0 aromatic heterocycles. The smallest absolute Gasteiger partial charge is 0.200 e. The monoisotopic (exact) mass is 1080 g/mol. The summed E-state index contributed by atoms with van der Waals surface area (Å²) in [6, 6.07) is 28.7. The van der Waals surface area contributed by atoms with Crippen molar-refractivity contribution in [3.63, 3.8) is 0 Å². The van der Waals surface area contributed by atoms with Gasteiger partial charge in [-0.05, 0) is 127 Å². The van der Waals surface area contributed by atoms with Gasteiger partial charge in [-0.3, -0.25) is 4.79 Å². The molecule has 0 N–H and O–H groups in total. The second kappa shape index (κ2) is 28.4. The molecule has 3 aliphatic rings. The van der Waals surface area contributed by atoms with Gasteiger partial charge in [-0.1, -0.05) is 161 Å². The Bertz CT molecular complexity index is 2170. The van der Waals surface area contributed by atoms with E-state index in [9.17, 15) is 4.79 Å². The van der Waals surface area contributed by atoms with Crippen molar-refractivity contribution in [2.24, 2.45) is 11.8 Å². The van der Waals surface area contributed by atoms with Gasteiger partial charge in [0.05, 0.1) is 75.3 Å². The summed E-state index contributed by atoms with van der Waals surface area (Å²) in [7, 11) is -2.78. The van der Waals surface area contributed by atoms with E-state index >= 15 is 0 Å². The molecule has 2 fully saturated rings. The van der Waals surface area contributed by atoms with Crippen molar-refractivity contribution >= 4 is 22.4 Å². The molecule has 76 heavy (non-hydrogen) atoms. The predicted molar refractivity (Wildman–Crippen MR) is 312 cm³/mol. The van der Waals surface area contributed by atoms with Gasteiger partial charge in [-0.15, -0.1) is 0 Å². The number of hydrogen-bond donors (Lipinski definition) is 0. The van der Waals surface area contributed by atoms with E-state index in [1.54, 1.807) is 7.11 Å². The lowest BCUT2D eigenvalue weighted by Gasteiger charge is -2.50. The topological polar surface area (TPSA) is 100 Å². The third-order valence-electron chi connectivity index (χ3n) is 17.4. The predicted octanol–water partition coefficient (Wildman–Crippen LogP) is 15.2. The molecule has 3 aromatic rings. The van der Waals surface area contributed by atoms with Gasteiger partial charge in [-0.2, -0.15) is 0 Å². The van der Waals surface area contributed by atoms with E-state index in [2.05, 4.69) is 157 Å². The van der Waals surface area contributed by atoms with Crippen LogP contribution in [0.15, 0.2) is 97.1 Å². The highest BCUT2D eigenvalue weighted by atomic mass is 28.4. The SMILES string of the molecule is COc1ccc(CO[C@H]2C[C@@H](C)C[C@@]3(C)O[C@H](C[C@H](C)[C@H]4O[C@@H](CCOCc5ccccc5)[C@H](OCc5ccccc5)C/C=C\C[C@@H]4O[Si](C)(C)C(C)(C)C)C(=O)C[C@@H]3O[C@@H]2CCO[Si](C(C)C)(C(C)C)C(C)C)cc1. The molecule has 3 aliphatic heterocycles. The molecule has 2 saturated heterocycles. The fourth-order valence-corrected chi connectivity index (χ4v) is 19.1. The third-order valence-corrected chi connectivity index (χ3v) is 28.1. The lowest BCUT2D eigenvalue weighted by molar-refractivity contribution is -0.240. The van der Waals surface area contributed by atoms with Crippen molar-refractivity contribution in [1.29, 1.82) is 0 Å². The number of carbonyl (C=O) groups excluding carboxylic acids is 1. The van der Waals surface area contributed by atoms with E-state index in [1.807, 2.05) is 36.4 Å². The minimum atomic E-state index is -2.31. The number of fused-ring (bicyclic) bond motifs is 1. The van der Waals surface area contributed by atoms with Crippen LogP contribution in [0.1, 0.15) is 151 Å². The first-order chi connectivity index (χ1) is 36.0. The van der Waals surface area contributed by atoms with E-state index in [-0.39, 0.29) is 65.7 Å². The summed E-state index contributed by atoms with van der Waals surface area (Å²) in [4.78, 5) is 14.9. The highest BCUT2D eigenvalue weighted by Gasteiger charge is 2.52. The molecule has 0 bridgehead atoms. The van der Waals surface area contributed by atoms with Crippen molar-refractivity contribution < 1.29 is 46.8 Å². The molecule has 12 heteroatoms. The lowest BCUT2D eigenvalue weighted by Crippen LogP contribution is -2.59. The van der Waals surface area contributed by atoms with Gasteiger partial charge in [0.2, 0.25) is 0 Å². The number of methoxy groups -OCH3 is 1. The van der Waals surface area contributed by atoms with Gasteiger partial charge in [-0.25, -0.2) is 0 Å². The van der Waals surface area contributed by atoms with Gasteiger partial charge < -0.3 is 42.0 Å². The van der Waals surface area contributed by atoms with E-state index in [4.69, 9.17) is 42.0 Å². The van der Waals surface area contributed by atoms with Crippen molar-refractivity contribution in [3.05, 3.63) is 114 Å². The van der Waals surface area contributed by atoms with Crippen LogP contribution < -0.4 is 4.74 Å². The minimum absolute atomic E-state index is 0.0258. The molecule has 0 spiro atoms. The zero-order valence-corrected chi connectivity index (χ0v) is 51.5. The summed E-state index contributed by atoms with van der Waals surface area (Å²) in [5.74, 6) is 0.999. The Kier molecular flexibility index (Phi) is 23.2. The Hall–Kier alpha value is -3.02. The zero-order valence-electron chi connectivity index (χ0n) is 49.5. The van der Waals surface area contributed by atoms with Crippen molar-refractivity contribution in [2.75, 3.05) is 20.3 Å². The Labute approximate surface area is 462 Å². The van der Waals surface area contributed by atoms with Gasteiger partial charge in [0.15, 0.2) is 22.4 Å². The van der Waals surface area contributed by atoms with Crippen LogP contribution in [-0.2, 0) is 61.9 Å². The van der Waals surface area contributed by atoms with Gasteiger partial charge in [0.1, 0.15) is 11.9 Å². The van der Waals surface area contributed by atoms with Crippen LogP contribution in [0.3, 0.4) is 0 Å². The first kappa shape index (κ1) is 62.2. The summed E-state index contributed by atoms with van der Waals surface area (Å²) < 4.78 is 62.2. The Morgan fingerprint density at radius 1 is 0.697 bits per heavy atom. The summed E-state index contributed by atoms with van der Waals surface area (Å²) in [5, 5.41) is -0.0258. The molecular weight excluding hydrogens is 985 g/mol. The number of benzene rings is 3. The molecular formula is C64H100O10Si2. The molecule has 3 aromatic carbocycles. The Balaban J connectivity index is 1.26. The number of ketones is 1. The van der Waals surface area contributed by atoms with Gasteiger partial charge in [0.25, 0.3) is 0 Å². The van der Waals surface area contributed by atoms with Crippen LogP contribution in [-0.4, -0.2) is 97.2 Å². The van der Waals surface area contributed by atoms with Crippen molar-refractivity contribution in [1.82, 2.24) is 0 Å². The van der Waals surface area contributed by atoms with Crippen molar-refractivity contribution in [2.45, 2.75) is 243 Å². The van der Waals surface area contributed by atoms with E-state index in [1.165, 1.54) is 0 Å². The average Bonchev–Trinajstić information content (AvgIpc) is 3.45. The summed E-state index contributed by atoms with van der Waals surface area (Å²) >= 11 is 0. The number of Topliss-reactive ketones (excluding diaryl/α,β-unsaturated/α-hetero) is 1. The average molecular weight is 1090 g/mol. The zero-order chi connectivity index (χ0) is 55.3. The maximum absolute atomic E-state index is 14.9. The molecule has 0 amide bonds. The number of carbonyl (C=O) groups is 1. The third kappa shape index (κ3) is 16.8. The van der Waals surface area contributed by atoms with Gasteiger partial charge in [0, 0.05) is 19.6 Å². The molecule has 0 saturated carbocycles. The lowest BCUT2D eigenvalue weighted by atomic mass is 9.77. The van der Waals surface area contributed by atoms with Crippen LogP contribution in [0.4, 0.5) is 0 Å². The molecule has 0 radical (unpaired) electrons. The van der Waals surface area contributed by atoms with Crippen LogP contribution in [0, 0.1) is 11.8 Å². The summed E-state index contributed by atoms with van der Waals surface area (Å²) in [6.07, 6.45) is 6.76. The first-order valence-corrected chi connectivity index (χ1v) is 34.1. The van der Waals surface area contributed by atoms with Crippen LogP contribution in [0.5, 0.6) is 5.75 Å². The standard InChI is InChI=1S/C64H100O10Si2/c1-45(2)76(46(3)4,47(5)6)70-37-35-57-60(69-44-52-30-32-53(66-13)33-31-52)38-48(7)41-64(12)61(71-57)40-54(65)59(73-64)39-49(8)62-58(74-75(14,15)63(9,10)11)29-23-22-28-55(68-43-51-26-20-17-21-27-51)56(72-62)34-36-67-42-50-24-18-16-19-25-50/h16-27,30-33,45-49,55-62H,28-29,34-44H2,1-15H3/b23-22-/t48-,49+,55-,56+,57-,58+,59-,60+,61+,62-,64-/m1/s1. The fraction of sp³-hybridized carbons (Fsp3) is 0.672. The fourth-order valence-electron chi connectivity index (χ4n) is 12.3. The molecule has 6 rings (SSSR count). The van der Waals surface area contributed by atoms with Crippen LogP contribution >= 0.6 is 0 Å². The Morgan fingerprint density at radius 3 is 1.82 bits per heavy atom. The molecule has 11 atom stereocenters. The van der Waals surface area contributed by atoms with Crippen molar-refractivity contribution in [3.8, 4) is 5.75 Å². The van der Waals surface area contributed by atoms with Crippen LogP contribution in [0.2, 0.25) is 34.8 Å². The van der Waals surface area contributed by atoms with Gasteiger partial charge >= 0.3 is 0 Å². The van der Waals surface area contributed by atoms with Crippen LogP contribution in [0.25, 0.3) is 0 Å². The highest BCUT2D eigenvalue weighted by molar-refractivity contribution is 6.77. The maximum atomic E-state index is 14.9. The maximum Gasteiger partial charge on any atom is 0.200 e. The second-order valence-electron chi connectivity index (χ2n) is 25.3. The first-order valence-electron chi connectivity index (χ1n) is 29.0. The molecule has 0 unspecified atom stereocenters. The molecule has 0 aliphatic carbocycles. The summed E-state index contributed by atoms with van der Waals surface area (Å²) in [6.45, 7) is 34.7. The largest absolute Gasteiger partial charge is 0.497 e. The second-order valence-corrected chi connectivity index (χ2v) is 35.5. The number of ether oxygens (including phenoxy) is 7. The highest BCUT2D eigenvalue weighted by Crippen LogP contribution is 2.45. The van der Waals surface area contributed by atoms with E-state index in [0.717, 1.165) is 35.3 Å². The number of rotatable bonds is 24. The molecule has 10 nitrogen and oxygen atoms in total. The number of hydrogen-bond acceptors (Lipinski definition) is 10. The molecule has 3 heterocycles. The normalized spacial score (nSPS) is 28.0. The van der Waals surface area contributed by atoms with E-state index in [0.29, 0.717) is 81.8 Å². The quantitative estimate of drug-likeness (QED) is 0.0490. The minimum Gasteiger partial charge on any atom is -0.497 e. The summed E-state index contributed by atoms with van der Waals surface area (Å²) in [5.41, 5.74) is 3.99. The Morgan fingerprint density at radius 2 is 1.24 bits per heavy atom. The molecule has 424 valence electrons. The van der Waals surface area contributed by atoms with E-state index < -0.39 is 34.4 Å².